The lowest BCUT2D eigenvalue weighted by Crippen LogP contribution is -2.24. The van der Waals surface area contributed by atoms with E-state index in [2.05, 4.69) is 10.6 Å². The standard InChI is InChI=1S/C22H16Cl2F2N2O2/c23-19-9-15(25)4-6-17(19)21(29)27-11-13-2-1-3-14(8-13)12-28-22(30)18-7-5-16(26)10-20(18)24/h1-10H,11-12H2,(H,27,29)(H,28,30). The van der Waals surface area contributed by atoms with E-state index in [1.54, 1.807) is 6.07 Å². The SMILES string of the molecule is O=C(NCc1cccc(CNC(=O)c2ccc(F)cc2Cl)c1)c1ccc(F)cc1Cl. The fraction of sp³-hybridized carbons (Fsp3) is 0.0909. The van der Waals surface area contributed by atoms with Gasteiger partial charge >= 0.3 is 0 Å². The van der Waals surface area contributed by atoms with Crippen molar-refractivity contribution in [3.05, 3.63) is 105 Å². The van der Waals surface area contributed by atoms with E-state index in [-0.39, 0.29) is 34.3 Å². The number of amides is 2. The molecule has 0 unspecified atom stereocenters. The van der Waals surface area contributed by atoms with Gasteiger partial charge in [-0.05, 0) is 47.5 Å². The molecular weight excluding hydrogens is 433 g/mol. The molecule has 0 aliphatic carbocycles. The van der Waals surface area contributed by atoms with Gasteiger partial charge in [0.05, 0.1) is 21.2 Å². The third-order valence-corrected chi connectivity index (χ3v) is 4.87. The molecule has 3 aromatic carbocycles. The number of carbonyl (C=O) groups is 2. The summed E-state index contributed by atoms with van der Waals surface area (Å²) in [4.78, 5) is 24.5. The second-order valence-corrected chi connectivity index (χ2v) is 7.25. The smallest absolute Gasteiger partial charge is 0.253 e. The number of rotatable bonds is 6. The molecule has 0 aromatic heterocycles. The molecule has 8 heteroatoms. The first kappa shape index (κ1) is 21.7. The largest absolute Gasteiger partial charge is 0.348 e. The van der Waals surface area contributed by atoms with Crippen LogP contribution in [0, 0.1) is 11.6 Å². The molecule has 0 radical (unpaired) electrons. The summed E-state index contributed by atoms with van der Waals surface area (Å²) in [5.41, 5.74) is 1.96. The van der Waals surface area contributed by atoms with Crippen molar-refractivity contribution < 1.29 is 18.4 Å². The second kappa shape index (κ2) is 9.69. The Morgan fingerprint density at radius 3 is 1.53 bits per heavy atom. The summed E-state index contributed by atoms with van der Waals surface area (Å²) in [6.45, 7) is 0.441. The van der Waals surface area contributed by atoms with Gasteiger partial charge in [0.1, 0.15) is 11.6 Å². The van der Waals surface area contributed by atoms with Crippen LogP contribution >= 0.6 is 23.2 Å². The minimum absolute atomic E-state index is 0.0309. The average molecular weight is 449 g/mol. The normalized spacial score (nSPS) is 10.5. The maximum Gasteiger partial charge on any atom is 0.253 e. The summed E-state index contributed by atoms with van der Waals surface area (Å²) in [6.07, 6.45) is 0. The van der Waals surface area contributed by atoms with Gasteiger partial charge in [0.25, 0.3) is 11.8 Å². The highest BCUT2D eigenvalue weighted by Crippen LogP contribution is 2.18. The van der Waals surface area contributed by atoms with Crippen molar-refractivity contribution in [1.29, 1.82) is 0 Å². The highest BCUT2D eigenvalue weighted by Gasteiger charge is 2.12. The van der Waals surface area contributed by atoms with Crippen LogP contribution in [0.4, 0.5) is 8.78 Å². The minimum atomic E-state index is -0.520. The lowest BCUT2D eigenvalue weighted by atomic mass is 10.1. The van der Waals surface area contributed by atoms with Gasteiger partial charge in [0.2, 0.25) is 0 Å². The van der Waals surface area contributed by atoms with Gasteiger partial charge in [-0.2, -0.15) is 0 Å². The predicted octanol–water partition coefficient (Wildman–Crippen LogP) is 5.13. The molecular formula is C22H16Cl2F2N2O2. The van der Waals surface area contributed by atoms with E-state index in [1.165, 1.54) is 12.1 Å². The van der Waals surface area contributed by atoms with Crippen molar-refractivity contribution in [3.8, 4) is 0 Å². The van der Waals surface area contributed by atoms with Crippen LogP contribution in [0.15, 0.2) is 60.7 Å². The molecule has 0 aliphatic rings. The Morgan fingerprint density at radius 1 is 0.700 bits per heavy atom. The Morgan fingerprint density at radius 2 is 1.13 bits per heavy atom. The molecule has 0 heterocycles. The van der Waals surface area contributed by atoms with Crippen LogP contribution in [-0.4, -0.2) is 11.8 Å². The molecule has 2 N–H and O–H groups in total. The van der Waals surface area contributed by atoms with E-state index in [0.29, 0.717) is 0 Å². The molecule has 2 amide bonds. The molecule has 0 atom stereocenters. The zero-order chi connectivity index (χ0) is 21.7. The summed E-state index contributed by atoms with van der Waals surface area (Å²) < 4.78 is 26.2. The first-order valence-electron chi connectivity index (χ1n) is 8.88. The Balaban J connectivity index is 1.59. The van der Waals surface area contributed by atoms with E-state index in [4.69, 9.17) is 23.2 Å². The number of hydrogen-bond donors (Lipinski definition) is 2. The second-order valence-electron chi connectivity index (χ2n) is 6.43. The monoisotopic (exact) mass is 448 g/mol. The summed E-state index contributed by atoms with van der Waals surface area (Å²) in [5, 5.41) is 5.50. The number of benzene rings is 3. The van der Waals surface area contributed by atoms with Crippen molar-refractivity contribution in [2.75, 3.05) is 0 Å². The Hall–Kier alpha value is -2.96. The van der Waals surface area contributed by atoms with Crippen LogP contribution in [0.5, 0.6) is 0 Å². The van der Waals surface area contributed by atoms with Gasteiger partial charge < -0.3 is 10.6 Å². The van der Waals surface area contributed by atoms with Gasteiger partial charge in [-0.3, -0.25) is 9.59 Å². The van der Waals surface area contributed by atoms with Gasteiger partial charge in [0, 0.05) is 13.1 Å². The molecule has 0 bridgehead atoms. The fourth-order valence-electron chi connectivity index (χ4n) is 2.75. The van der Waals surface area contributed by atoms with Gasteiger partial charge in [0.15, 0.2) is 0 Å². The van der Waals surface area contributed by atoms with E-state index in [0.717, 1.165) is 35.4 Å². The third-order valence-electron chi connectivity index (χ3n) is 4.25. The lowest BCUT2D eigenvalue weighted by Gasteiger charge is -2.10. The minimum Gasteiger partial charge on any atom is -0.348 e. The van der Waals surface area contributed by atoms with Crippen molar-refractivity contribution in [3.63, 3.8) is 0 Å². The Bertz CT molecular complexity index is 1020. The first-order chi connectivity index (χ1) is 14.3. The van der Waals surface area contributed by atoms with E-state index in [1.807, 2.05) is 18.2 Å². The highest BCUT2D eigenvalue weighted by atomic mass is 35.5. The van der Waals surface area contributed by atoms with Crippen molar-refractivity contribution in [1.82, 2.24) is 10.6 Å². The number of carbonyl (C=O) groups excluding carboxylic acids is 2. The molecule has 0 fully saturated rings. The molecule has 0 saturated heterocycles. The number of nitrogens with one attached hydrogen (secondary N) is 2. The Kier molecular flexibility index (Phi) is 7.03. The summed E-state index contributed by atoms with van der Waals surface area (Å²) in [6, 6.07) is 14.4. The summed E-state index contributed by atoms with van der Waals surface area (Å²) in [5.74, 6) is -1.89. The molecule has 0 saturated carbocycles. The number of hydrogen-bond acceptors (Lipinski definition) is 2. The van der Waals surface area contributed by atoms with Gasteiger partial charge in [-0.15, -0.1) is 0 Å². The fourth-order valence-corrected chi connectivity index (χ4v) is 3.26. The van der Waals surface area contributed by atoms with E-state index in [9.17, 15) is 18.4 Å². The van der Waals surface area contributed by atoms with Gasteiger partial charge in [-0.1, -0.05) is 47.5 Å². The highest BCUT2D eigenvalue weighted by molar-refractivity contribution is 6.34. The van der Waals surface area contributed by atoms with Crippen molar-refractivity contribution in [2.24, 2.45) is 0 Å². The molecule has 0 aliphatic heterocycles. The molecule has 30 heavy (non-hydrogen) atoms. The third kappa shape index (κ3) is 5.55. The average Bonchev–Trinajstić information content (AvgIpc) is 2.70. The Labute approximate surface area is 181 Å². The van der Waals surface area contributed by atoms with Crippen molar-refractivity contribution in [2.45, 2.75) is 13.1 Å². The lowest BCUT2D eigenvalue weighted by molar-refractivity contribution is 0.0943. The molecule has 0 spiro atoms. The van der Waals surface area contributed by atoms with Gasteiger partial charge in [-0.25, -0.2) is 8.78 Å². The van der Waals surface area contributed by atoms with Crippen LogP contribution in [-0.2, 0) is 13.1 Å². The molecule has 154 valence electrons. The maximum atomic E-state index is 13.1. The van der Waals surface area contributed by atoms with Crippen LogP contribution < -0.4 is 10.6 Å². The zero-order valence-electron chi connectivity index (χ0n) is 15.5. The first-order valence-corrected chi connectivity index (χ1v) is 9.63. The topological polar surface area (TPSA) is 58.2 Å². The molecule has 3 rings (SSSR count). The van der Waals surface area contributed by atoms with Crippen LogP contribution in [0.25, 0.3) is 0 Å². The number of halogens is 4. The van der Waals surface area contributed by atoms with Crippen LogP contribution in [0.3, 0.4) is 0 Å². The molecule has 3 aromatic rings. The maximum absolute atomic E-state index is 13.1. The summed E-state index contributed by atoms with van der Waals surface area (Å²) in [7, 11) is 0. The van der Waals surface area contributed by atoms with Crippen LogP contribution in [0.1, 0.15) is 31.8 Å². The van der Waals surface area contributed by atoms with E-state index < -0.39 is 23.4 Å². The van der Waals surface area contributed by atoms with Crippen molar-refractivity contribution >= 4 is 35.0 Å². The predicted molar refractivity (Wildman–Crippen MR) is 112 cm³/mol. The summed E-state index contributed by atoms with van der Waals surface area (Å²) >= 11 is 11.8. The van der Waals surface area contributed by atoms with Crippen LogP contribution in [0.2, 0.25) is 10.0 Å². The zero-order valence-corrected chi connectivity index (χ0v) is 17.0. The molecule has 4 nitrogen and oxygen atoms in total. The van der Waals surface area contributed by atoms with E-state index >= 15 is 0 Å². The quantitative estimate of drug-likeness (QED) is 0.548.